The molecule has 1 aromatic carbocycles. The standard InChI is InChI=1S/C9H6ClN5/c10-5-1-2-6-7(3-5)14-9(11)15-8(6)12-4-13-15/h1-4H,(H2,11,14). The van der Waals surface area contributed by atoms with Crippen molar-refractivity contribution in [1.82, 2.24) is 19.6 Å². The number of aromatic nitrogens is 4. The second-order valence-electron chi connectivity index (χ2n) is 3.13. The van der Waals surface area contributed by atoms with Crippen molar-refractivity contribution in [3.63, 3.8) is 0 Å². The summed E-state index contributed by atoms with van der Waals surface area (Å²) < 4.78 is 1.50. The summed E-state index contributed by atoms with van der Waals surface area (Å²) in [5.74, 6) is 0.303. The van der Waals surface area contributed by atoms with Gasteiger partial charge in [0.1, 0.15) is 6.33 Å². The van der Waals surface area contributed by atoms with E-state index < -0.39 is 0 Å². The molecule has 6 heteroatoms. The molecule has 5 nitrogen and oxygen atoms in total. The Morgan fingerprint density at radius 3 is 3.07 bits per heavy atom. The fourth-order valence-corrected chi connectivity index (χ4v) is 1.72. The molecule has 2 aromatic heterocycles. The Balaban J connectivity index is 2.60. The highest BCUT2D eigenvalue weighted by Crippen LogP contribution is 2.21. The van der Waals surface area contributed by atoms with Gasteiger partial charge in [0.05, 0.1) is 5.52 Å². The third kappa shape index (κ3) is 1.13. The summed E-state index contributed by atoms with van der Waals surface area (Å²) >= 11 is 5.87. The molecule has 0 aliphatic rings. The van der Waals surface area contributed by atoms with E-state index in [0.29, 0.717) is 16.6 Å². The van der Waals surface area contributed by atoms with Crippen LogP contribution in [0.2, 0.25) is 5.02 Å². The number of nitrogen functional groups attached to an aromatic ring is 1. The average Bonchev–Trinajstić information content (AvgIpc) is 2.66. The van der Waals surface area contributed by atoms with E-state index in [1.54, 1.807) is 12.1 Å². The van der Waals surface area contributed by atoms with Crippen LogP contribution in [-0.2, 0) is 0 Å². The molecule has 0 bridgehead atoms. The van der Waals surface area contributed by atoms with Gasteiger partial charge in [-0.3, -0.25) is 0 Å². The first-order valence-electron chi connectivity index (χ1n) is 4.30. The lowest BCUT2D eigenvalue weighted by Crippen LogP contribution is -2.02. The molecule has 74 valence electrons. The Labute approximate surface area is 89.5 Å². The molecule has 0 atom stereocenters. The fraction of sp³-hybridized carbons (Fsp3) is 0. The van der Waals surface area contributed by atoms with E-state index in [-0.39, 0.29) is 0 Å². The summed E-state index contributed by atoms with van der Waals surface area (Å²) in [5.41, 5.74) is 7.13. The number of nitrogens with zero attached hydrogens (tertiary/aromatic N) is 4. The minimum absolute atomic E-state index is 0.303. The quantitative estimate of drug-likeness (QED) is 0.622. The summed E-state index contributed by atoms with van der Waals surface area (Å²) in [4.78, 5) is 8.32. The van der Waals surface area contributed by atoms with Crippen molar-refractivity contribution in [2.24, 2.45) is 0 Å². The summed E-state index contributed by atoms with van der Waals surface area (Å²) in [6, 6.07) is 5.40. The van der Waals surface area contributed by atoms with Crippen molar-refractivity contribution < 1.29 is 0 Å². The minimum atomic E-state index is 0.303. The molecule has 0 radical (unpaired) electrons. The van der Waals surface area contributed by atoms with Crippen LogP contribution in [0, 0.1) is 0 Å². The maximum atomic E-state index is 5.87. The zero-order chi connectivity index (χ0) is 10.4. The Hall–Kier alpha value is -1.88. The van der Waals surface area contributed by atoms with Crippen LogP contribution in [0.25, 0.3) is 16.6 Å². The molecule has 0 aliphatic heterocycles. The van der Waals surface area contributed by atoms with Gasteiger partial charge in [-0.15, -0.1) is 0 Å². The van der Waals surface area contributed by atoms with Crippen LogP contribution in [0.4, 0.5) is 5.95 Å². The zero-order valence-electron chi connectivity index (χ0n) is 7.55. The number of hydrogen-bond donors (Lipinski definition) is 1. The topological polar surface area (TPSA) is 69.1 Å². The third-order valence-corrected chi connectivity index (χ3v) is 2.44. The molecule has 3 aromatic rings. The van der Waals surface area contributed by atoms with Gasteiger partial charge in [-0.2, -0.15) is 9.61 Å². The number of anilines is 1. The van der Waals surface area contributed by atoms with Gasteiger partial charge in [0.25, 0.3) is 0 Å². The molecule has 3 rings (SSSR count). The van der Waals surface area contributed by atoms with Crippen LogP contribution in [0.1, 0.15) is 0 Å². The monoisotopic (exact) mass is 219 g/mol. The van der Waals surface area contributed by atoms with Gasteiger partial charge in [-0.25, -0.2) is 9.97 Å². The molecule has 2 N–H and O–H groups in total. The lowest BCUT2D eigenvalue weighted by Gasteiger charge is -2.02. The fourth-order valence-electron chi connectivity index (χ4n) is 1.55. The molecular formula is C9H6ClN5. The van der Waals surface area contributed by atoms with Gasteiger partial charge >= 0.3 is 0 Å². The Morgan fingerprint density at radius 1 is 1.33 bits per heavy atom. The van der Waals surface area contributed by atoms with Crippen molar-refractivity contribution in [3.05, 3.63) is 29.5 Å². The maximum absolute atomic E-state index is 5.87. The van der Waals surface area contributed by atoms with E-state index in [9.17, 15) is 0 Å². The highest BCUT2D eigenvalue weighted by atomic mass is 35.5. The summed E-state index contributed by atoms with van der Waals surface area (Å²) in [5, 5.41) is 5.48. The van der Waals surface area contributed by atoms with Gasteiger partial charge in [-0.05, 0) is 18.2 Å². The van der Waals surface area contributed by atoms with E-state index in [1.807, 2.05) is 6.07 Å². The highest BCUT2D eigenvalue weighted by molar-refractivity contribution is 6.31. The van der Waals surface area contributed by atoms with Crippen LogP contribution in [0.3, 0.4) is 0 Å². The van der Waals surface area contributed by atoms with E-state index in [2.05, 4.69) is 15.1 Å². The number of benzene rings is 1. The SMILES string of the molecule is Nc1nc2cc(Cl)ccc2c2ncnn12. The molecule has 0 spiro atoms. The molecule has 0 unspecified atom stereocenters. The second-order valence-corrected chi connectivity index (χ2v) is 3.56. The molecular weight excluding hydrogens is 214 g/mol. The van der Waals surface area contributed by atoms with Crippen LogP contribution >= 0.6 is 11.6 Å². The van der Waals surface area contributed by atoms with Gasteiger partial charge in [0.2, 0.25) is 5.95 Å². The molecule has 0 amide bonds. The number of hydrogen-bond acceptors (Lipinski definition) is 4. The van der Waals surface area contributed by atoms with Crippen molar-refractivity contribution in [1.29, 1.82) is 0 Å². The smallest absolute Gasteiger partial charge is 0.223 e. The van der Waals surface area contributed by atoms with E-state index >= 15 is 0 Å². The van der Waals surface area contributed by atoms with Gasteiger partial charge in [-0.1, -0.05) is 11.6 Å². The van der Waals surface area contributed by atoms with Crippen LogP contribution in [0.15, 0.2) is 24.5 Å². The summed E-state index contributed by atoms with van der Waals surface area (Å²) in [7, 11) is 0. The number of nitrogens with two attached hydrogens (primary N) is 1. The summed E-state index contributed by atoms with van der Waals surface area (Å²) in [6.07, 6.45) is 1.45. The van der Waals surface area contributed by atoms with E-state index in [1.165, 1.54) is 10.8 Å². The van der Waals surface area contributed by atoms with Gasteiger partial charge < -0.3 is 5.73 Å². The summed E-state index contributed by atoms with van der Waals surface area (Å²) in [6.45, 7) is 0. The van der Waals surface area contributed by atoms with Crippen LogP contribution in [0.5, 0.6) is 0 Å². The molecule has 0 saturated heterocycles. The lowest BCUT2D eigenvalue weighted by molar-refractivity contribution is 0.951. The Kier molecular flexibility index (Phi) is 1.58. The molecule has 2 heterocycles. The molecule has 0 saturated carbocycles. The first-order chi connectivity index (χ1) is 7.25. The van der Waals surface area contributed by atoms with Crippen LogP contribution < -0.4 is 5.73 Å². The molecule has 15 heavy (non-hydrogen) atoms. The lowest BCUT2D eigenvalue weighted by atomic mass is 10.2. The van der Waals surface area contributed by atoms with Gasteiger partial charge in [0.15, 0.2) is 5.65 Å². The highest BCUT2D eigenvalue weighted by Gasteiger charge is 2.07. The van der Waals surface area contributed by atoms with Crippen molar-refractivity contribution in [2.45, 2.75) is 0 Å². The number of halogens is 1. The predicted molar refractivity (Wildman–Crippen MR) is 57.7 cm³/mol. The normalized spacial score (nSPS) is 11.3. The predicted octanol–water partition coefficient (Wildman–Crippen LogP) is 1.51. The Bertz CT molecular complexity index is 660. The van der Waals surface area contributed by atoms with Gasteiger partial charge in [0, 0.05) is 10.4 Å². The first kappa shape index (κ1) is 8.43. The number of rotatable bonds is 0. The van der Waals surface area contributed by atoms with Crippen molar-refractivity contribution in [3.8, 4) is 0 Å². The average molecular weight is 220 g/mol. The van der Waals surface area contributed by atoms with Crippen molar-refractivity contribution >= 4 is 34.1 Å². The molecule has 0 aliphatic carbocycles. The number of fused-ring (bicyclic) bond motifs is 3. The third-order valence-electron chi connectivity index (χ3n) is 2.20. The maximum Gasteiger partial charge on any atom is 0.223 e. The largest absolute Gasteiger partial charge is 0.368 e. The Morgan fingerprint density at radius 2 is 2.20 bits per heavy atom. The minimum Gasteiger partial charge on any atom is -0.368 e. The van der Waals surface area contributed by atoms with E-state index in [4.69, 9.17) is 17.3 Å². The molecule has 0 fully saturated rings. The van der Waals surface area contributed by atoms with Crippen LogP contribution in [-0.4, -0.2) is 19.6 Å². The van der Waals surface area contributed by atoms with Crippen molar-refractivity contribution in [2.75, 3.05) is 5.73 Å². The zero-order valence-corrected chi connectivity index (χ0v) is 8.31. The van der Waals surface area contributed by atoms with E-state index in [0.717, 1.165) is 10.9 Å². The second kappa shape index (κ2) is 2.80. The first-order valence-corrected chi connectivity index (χ1v) is 4.68.